The maximum Gasteiger partial charge on any atom is 0.343 e. The van der Waals surface area contributed by atoms with Gasteiger partial charge in [0, 0.05) is 11.1 Å². The van der Waals surface area contributed by atoms with Gasteiger partial charge in [0.25, 0.3) is 0 Å². The minimum absolute atomic E-state index is 0.0233. The molecule has 3 rings (SSSR count). The maximum atomic E-state index is 13.7. The number of hydrogen-bond donors (Lipinski definition) is 0. The van der Waals surface area contributed by atoms with E-state index in [0.29, 0.717) is 11.1 Å². The molecule has 0 aliphatic carbocycles. The Morgan fingerprint density at radius 3 is 1.89 bits per heavy atom. The molecular formula is C21H14F2O4. The molecule has 0 N–H and O–H groups in total. The molecule has 0 amide bonds. The van der Waals surface area contributed by atoms with Gasteiger partial charge in [0.2, 0.25) is 0 Å². The molecule has 3 aromatic carbocycles. The van der Waals surface area contributed by atoms with E-state index in [1.54, 1.807) is 0 Å². The van der Waals surface area contributed by atoms with E-state index < -0.39 is 17.6 Å². The predicted octanol–water partition coefficient (Wildman–Crippen LogP) is 4.42. The van der Waals surface area contributed by atoms with Gasteiger partial charge in [0.1, 0.15) is 11.6 Å². The van der Waals surface area contributed by atoms with E-state index in [9.17, 15) is 18.4 Å². The number of carbonyl (C=O) groups excluding carboxylic acids is 2. The van der Waals surface area contributed by atoms with Crippen LogP contribution in [0, 0.1) is 11.6 Å². The second-order valence-electron chi connectivity index (χ2n) is 5.60. The summed E-state index contributed by atoms with van der Waals surface area (Å²) in [6.45, 7) is 0. The summed E-state index contributed by atoms with van der Waals surface area (Å²) in [6.07, 6.45) is 0. The van der Waals surface area contributed by atoms with Crippen LogP contribution >= 0.6 is 0 Å². The average molecular weight is 368 g/mol. The third-order valence-electron chi connectivity index (χ3n) is 3.82. The number of halogens is 2. The maximum absolute atomic E-state index is 13.7. The molecule has 0 unspecified atom stereocenters. The molecule has 0 bridgehead atoms. The molecule has 4 nitrogen and oxygen atoms in total. The number of benzene rings is 3. The van der Waals surface area contributed by atoms with Gasteiger partial charge in [-0.25, -0.2) is 13.6 Å². The Bertz CT molecular complexity index is 980. The van der Waals surface area contributed by atoms with Gasteiger partial charge in [-0.05, 0) is 66.7 Å². The number of esters is 1. The molecule has 0 aromatic heterocycles. The molecule has 6 heteroatoms. The Morgan fingerprint density at radius 1 is 0.778 bits per heavy atom. The second kappa shape index (κ2) is 7.78. The van der Waals surface area contributed by atoms with Gasteiger partial charge in [0.05, 0.1) is 12.7 Å². The Morgan fingerprint density at radius 2 is 1.33 bits per heavy atom. The van der Waals surface area contributed by atoms with E-state index in [-0.39, 0.29) is 22.8 Å². The van der Waals surface area contributed by atoms with Crippen LogP contribution in [0.5, 0.6) is 11.5 Å². The topological polar surface area (TPSA) is 52.6 Å². The van der Waals surface area contributed by atoms with Crippen molar-refractivity contribution in [1.29, 1.82) is 0 Å². The fourth-order valence-electron chi connectivity index (χ4n) is 2.40. The van der Waals surface area contributed by atoms with Crippen LogP contribution in [-0.2, 0) is 0 Å². The third kappa shape index (κ3) is 4.17. The van der Waals surface area contributed by atoms with Crippen LogP contribution in [0.3, 0.4) is 0 Å². The fraction of sp³-hybridized carbons (Fsp3) is 0.0476. The highest BCUT2D eigenvalue weighted by molar-refractivity contribution is 6.09. The Labute approximate surface area is 154 Å². The van der Waals surface area contributed by atoms with E-state index in [1.807, 2.05) is 0 Å². The van der Waals surface area contributed by atoms with Crippen LogP contribution in [0.25, 0.3) is 0 Å². The van der Waals surface area contributed by atoms with Gasteiger partial charge in [-0.15, -0.1) is 0 Å². The zero-order valence-corrected chi connectivity index (χ0v) is 14.2. The first-order valence-corrected chi connectivity index (χ1v) is 7.94. The average Bonchev–Trinajstić information content (AvgIpc) is 2.68. The standard InChI is InChI=1S/C21H14F2O4/c1-26-19-11-6-15(12-18(19)23)21(25)27-17-9-4-14(5-10-17)20(24)13-2-7-16(22)8-3-13/h2-12H,1H3. The number of ether oxygens (including phenoxy) is 2. The SMILES string of the molecule is COc1ccc(C(=O)Oc2ccc(C(=O)c3ccc(F)cc3)cc2)cc1F. The summed E-state index contributed by atoms with van der Waals surface area (Å²) >= 11 is 0. The van der Waals surface area contributed by atoms with Crippen molar-refractivity contribution in [3.8, 4) is 11.5 Å². The summed E-state index contributed by atoms with van der Waals surface area (Å²) in [5.74, 6) is -1.91. The Hall–Kier alpha value is -3.54. The van der Waals surface area contributed by atoms with E-state index in [1.165, 1.54) is 67.8 Å². The third-order valence-corrected chi connectivity index (χ3v) is 3.82. The van der Waals surface area contributed by atoms with Crippen LogP contribution in [0.15, 0.2) is 66.7 Å². The first-order chi connectivity index (χ1) is 13.0. The highest BCUT2D eigenvalue weighted by atomic mass is 19.1. The normalized spacial score (nSPS) is 10.3. The second-order valence-corrected chi connectivity index (χ2v) is 5.60. The highest BCUT2D eigenvalue weighted by Crippen LogP contribution is 2.20. The first-order valence-electron chi connectivity index (χ1n) is 7.94. The van der Waals surface area contributed by atoms with Crippen LogP contribution < -0.4 is 9.47 Å². The lowest BCUT2D eigenvalue weighted by molar-refractivity contribution is 0.0734. The molecule has 0 saturated carbocycles. The Kier molecular flexibility index (Phi) is 5.26. The number of hydrogen-bond acceptors (Lipinski definition) is 4. The minimum atomic E-state index is -0.742. The molecule has 0 atom stereocenters. The first kappa shape index (κ1) is 18.3. The number of carbonyl (C=O) groups is 2. The minimum Gasteiger partial charge on any atom is -0.494 e. The molecule has 0 aliphatic rings. The lowest BCUT2D eigenvalue weighted by atomic mass is 10.0. The van der Waals surface area contributed by atoms with E-state index in [4.69, 9.17) is 9.47 Å². The highest BCUT2D eigenvalue weighted by Gasteiger charge is 2.14. The zero-order valence-electron chi connectivity index (χ0n) is 14.2. The molecule has 27 heavy (non-hydrogen) atoms. The van der Waals surface area contributed by atoms with Crippen molar-refractivity contribution in [3.05, 3.63) is 95.1 Å². The zero-order chi connectivity index (χ0) is 19.4. The summed E-state index contributed by atoms with van der Waals surface area (Å²) in [5.41, 5.74) is 0.728. The van der Waals surface area contributed by atoms with Crippen molar-refractivity contribution < 1.29 is 27.8 Å². The molecule has 0 fully saturated rings. The van der Waals surface area contributed by atoms with Crippen molar-refractivity contribution in [1.82, 2.24) is 0 Å². The molecule has 0 aliphatic heterocycles. The predicted molar refractivity (Wildman–Crippen MR) is 94.2 cm³/mol. The molecule has 136 valence electrons. The van der Waals surface area contributed by atoms with E-state index >= 15 is 0 Å². The lowest BCUT2D eigenvalue weighted by Gasteiger charge is -2.07. The van der Waals surface area contributed by atoms with Gasteiger partial charge in [-0.2, -0.15) is 0 Å². The fourth-order valence-corrected chi connectivity index (χ4v) is 2.40. The van der Waals surface area contributed by atoms with Crippen molar-refractivity contribution in [3.63, 3.8) is 0 Å². The molecule has 0 radical (unpaired) electrons. The molecule has 0 saturated heterocycles. The Balaban J connectivity index is 1.72. The van der Waals surface area contributed by atoms with Crippen molar-refractivity contribution in [2.45, 2.75) is 0 Å². The molecule has 0 spiro atoms. The monoisotopic (exact) mass is 368 g/mol. The quantitative estimate of drug-likeness (QED) is 0.380. The van der Waals surface area contributed by atoms with Crippen LogP contribution in [-0.4, -0.2) is 18.9 Å². The molecule has 0 heterocycles. The molecular weight excluding hydrogens is 354 g/mol. The van der Waals surface area contributed by atoms with Gasteiger partial charge < -0.3 is 9.47 Å². The van der Waals surface area contributed by atoms with E-state index in [2.05, 4.69) is 0 Å². The summed E-state index contributed by atoms with van der Waals surface area (Å²) in [5, 5.41) is 0. The lowest BCUT2D eigenvalue weighted by Crippen LogP contribution is -2.09. The number of ketones is 1. The van der Waals surface area contributed by atoms with Crippen molar-refractivity contribution in [2.75, 3.05) is 7.11 Å². The summed E-state index contributed by atoms with van der Waals surface area (Å²) in [7, 11) is 1.32. The van der Waals surface area contributed by atoms with Gasteiger partial charge in [0.15, 0.2) is 17.3 Å². The van der Waals surface area contributed by atoms with Crippen molar-refractivity contribution in [2.24, 2.45) is 0 Å². The van der Waals surface area contributed by atoms with Crippen molar-refractivity contribution >= 4 is 11.8 Å². The number of rotatable bonds is 5. The van der Waals surface area contributed by atoms with Gasteiger partial charge >= 0.3 is 5.97 Å². The summed E-state index contributed by atoms with van der Waals surface area (Å²) in [4.78, 5) is 24.4. The van der Waals surface area contributed by atoms with E-state index in [0.717, 1.165) is 6.07 Å². The van der Waals surface area contributed by atoms with Gasteiger partial charge in [-0.1, -0.05) is 0 Å². The van der Waals surface area contributed by atoms with Crippen LogP contribution in [0.1, 0.15) is 26.3 Å². The largest absolute Gasteiger partial charge is 0.494 e. The summed E-state index contributed by atoms with van der Waals surface area (Å²) < 4.78 is 36.6. The molecule has 3 aromatic rings. The van der Waals surface area contributed by atoms with Gasteiger partial charge in [-0.3, -0.25) is 4.79 Å². The number of methoxy groups -OCH3 is 1. The summed E-state index contributed by atoms with van der Waals surface area (Å²) in [6, 6.07) is 14.8. The smallest absolute Gasteiger partial charge is 0.343 e. The van der Waals surface area contributed by atoms with Crippen LogP contribution in [0.2, 0.25) is 0 Å². The van der Waals surface area contributed by atoms with Crippen LogP contribution in [0.4, 0.5) is 8.78 Å².